The van der Waals surface area contributed by atoms with E-state index in [0.717, 1.165) is 19.4 Å². The highest BCUT2D eigenvalue weighted by Crippen LogP contribution is 2.43. The van der Waals surface area contributed by atoms with Gasteiger partial charge in [-0.1, -0.05) is 18.6 Å². The normalized spacial score (nSPS) is 39.8. The van der Waals surface area contributed by atoms with Crippen LogP contribution >= 0.6 is 12.6 Å². The molecule has 2 rings (SSSR count). The Morgan fingerprint density at radius 2 is 2.14 bits per heavy atom. The van der Waals surface area contributed by atoms with Crippen molar-refractivity contribution in [3.05, 3.63) is 12.2 Å². The number of rotatable bonds is 1. The molecule has 1 saturated heterocycles. The molecule has 0 aromatic carbocycles. The summed E-state index contributed by atoms with van der Waals surface area (Å²) in [7, 11) is 0. The van der Waals surface area contributed by atoms with Crippen molar-refractivity contribution in [3.8, 4) is 0 Å². The molecule has 14 heavy (non-hydrogen) atoms. The summed E-state index contributed by atoms with van der Waals surface area (Å²) in [5.74, 6) is 0. The van der Waals surface area contributed by atoms with E-state index in [2.05, 4.69) is 6.58 Å². The Kier molecular flexibility index (Phi) is 3.23. The van der Waals surface area contributed by atoms with Crippen molar-refractivity contribution in [1.82, 2.24) is 0 Å². The summed E-state index contributed by atoms with van der Waals surface area (Å²) >= 11 is 4.86. The van der Waals surface area contributed by atoms with Gasteiger partial charge in [-0.15, -0.1) is 0 Å². The molecule has 1 aliphatic heterocycles. The fourth-order valence-corrected chi connectivity index (χ4v) is 3.11. The van der Waals surface area contributed by atoms with E-state index < -0.39 is 0 Å². The van der Waals surface area contributed by atoms with Gasteiger partial charge in [0.1, 0.15) is 0 Å². The van der Waals surface area contributed by atoms with Gasteiger partial charge in [-0.25, -0.2) is 0 Å². The molecule has 2 unspecified atom stereocenters. The monoisotopic (exact) mass is 212 g/mol. The highest BCUT2D eigenvalue weighted by Gasteiger charge is 2.40. The Hall–Kier alpha value is 0.0500. The molecule has 0 spiro atoms. The minimum atomic E-state index is -0.0152. The van der Waals surface area contributed by atoms with Crippen LogP contribution in [0.5, 0.6) is 0 Å². The third kappa shape index (κ3) is 1.87. The van der Waals surface area contributed by atoms with E-state index in [4.69, 9.17) is 17.4 Å². The maximum atomic E-state index is 5.85. The molecule has 0 aromatic rings. The van der Waals surface area contributed by atoms with E-state index in [1.165, 1.54) is 37.7 Å². The van der Waals surface area contributed by atoms with Crippen LogP contribution in [0.25, 0.3) is 0 Å². The first-order chi connectivity index (χ1) is 6.73. The highest BCUT2D eigenvalue weighted by molar-refractivity contribution is 7.82. The third-order valence-corrected chi connectivity index (χ3v) is 4.44. The van der Waals surface area contributed by atoms with Gasteiger partial charge in [-0.3, -0.25) is 0 Å². The second-order valence-corrected chi connectivity index (χ2v) is 5.39. The van der Waals surface area contributed by atoms with Crippen LogP contribution in [0.4, 0.5) is 0 Å². The lowest BCUT2D eigenvalue weighted by molar-refractivity contribution is -0.00557. The maximum Gasteiger partial charge on any atom is 0.0756 e. The quantitative estimate of drug-likeness (QED) is 0.518. The van der Waals surface area contributed by atoms with Gasteiger partial charge in [0.05, 0.1) is 10.9 Å². The Morgan fingerprint density at radius 1 is 1.29 bits per heavy atom. The lowest BCUT2D eigenvalue weighted by Gasteiger charge is -2.42. The number of ether oxygens (including phenoxy) is 1. The largest absolute Gasteiger partial charge is 0.376 e. The summed E-state index contributed by atoms with van der Waals surface area (Å²) < 4.78 is 5.84. The van der Waals surface area contributed by atoms with Crippen molar-refractivity contribution in [2.24, 2.45) is 0 Å². The van der Waals surface area contributed by atoms with Crippen LogP contribution in [0.3, 0.4) is 0 Å². The molecule has 1 nitrogen and oxygen atoms in total. The summed E-state index contributed by atoms with van der Waals surface area (Å²) in [5, 5.41) is 0. The summed E-state index contributed by atoms with van der Waals surface area (Å²) in [4.78, 5) is 0. The lowest BCUT2D eigenvalue weighted by Crippen LogP contribution is -2.43. The fraction of sp³-hybridized carbons (Fsp3) is 0.833. The van der Waals surface area contributed by atoms with Crippen molar-refractivity contribution >= 4 is 12.6 Å². The molecule has 1 saturated carbocycles. The first-order valence-electron chi connectivity index (χ1n) is 5.76. The molecule has 0 aromatic heterocycles. The standard InChI is InChI=1S/C12H20OS/c1-10-6-2-4-8-12(10,14)11-7-3-5-9-13-11/h11,14H,1-9H2. The van der Waals surface area contributed by atoms with Gasteiger partial charge in [0.15, 0.2) is 0 Å². The zero-order valence-corrected chi connectivity index (χ0v) is 9.69. The van der Waals surface area contributed by atoms with E-state index in [-0.39, 0.29) is 4.75 Å². The van der Waals surface area contributed by atoms with Crippen LogP contribution in [-0.4, -0.2) is 17.5 Å². The zero-order chi connectivity index (χ0) is 10.0. The van der Waals surface area contributed by atoms with Gasteiger partial charge in [-0.2, -0.15) is 12.6 Å². The number of hydrogen-bond acceptors (Lipinski definition) is 2. The first-order valence-corrected chi connectivity index (χ1v) is 6.20. The second kappa shape index (κ2) is 4.28. The first kappa shape index (κ1) is 10.6. The highest BCUT2D eigenvalue weighted by atomic mass is 32.1. The third-order valence-electron chi connectivity index (χ3n) is 3.61. The van der Waals surface area contributed by atoms with E-state index in [0.29, 0.717) is 6.10 Å². The molecule has 0 bridgehead atoms. The number of thiol groups is 1. The Morgan fingerprint density at radius 3 is 2.79 bits per heavy atom. The van der Waals surface area contributed by atoms with E-state index in [1.807, 2.05) is 0 Å². The van der Waals surface area contributed by atoms with Crippen molar-refractivity contribution < 1.29 is 4.74 Å². The average molecular weight is 212 g/mol. The van der Waals surface area contributed by atoms with Crippen molar-refractivity contribution in [2.75, 3.05) is 6.61 Å². The molecular weight excluding hydrogens is 192 g/mol. The van der Waals surface area contributed by atoms with Crippen LogP contribution in [0, 0.1) is 0 Å². The summed E-state index contributed by atoms with van der Waals surface area (Å²) in [5.41, 5.74) is 1.30. The van der Waals surface area contributed by atoms with Gasteiger partial charge < -0.3 is 4.74 Å². The van der Waals surface area contributed by atoms with Crippen molar-refractivity contribution in [2.45, 2.75) is 55.8 Å². The minimum absolute atomic E-state index is 0.0152. The molecule has 2 fully saturated rings. The van der Waals surface area contributed by atoms with Gasteiger partial charge in [0.25, 0.3) is 0 Å². The second-order valence-electron chi connectivity index (χ2n) is 4.59. The van der Waals surface area contributed by atoms with Gasteiger partial charge in [0.2, 0.25) is 0 Å². The Labute approximate surface area is 92.3 Å². The van der Waals surface area contributed by atoms with E-state index in [9.17, 15) is 0 Å². The summed E-state index contributed by atoms with van der Waals surface area (Å²) in [6.07, 6.45) is 8.86. The van der Waals surface area contributed by atoms with Gasteiger partial charge in [-0.05, 0) is 38.5 Å². The van der Waals surface area contributed by atoms with Crippen LogP contribution in [-0.2, 0) is 4.74 Å². The van der Waals surface area contributed by atoms with E-state index in [1.54, 1.807) is 0 Å². The minimum Gasteiger partial charge on any atom is -0.376 e. The predicted octanol–water partition coefficient (Wildman–Crippen LogP) is 3.35. The van der Waals surface area contributed by atoms with Gasteiger partial charge in [0, 0.05) is 6.61 Å². The Balaban J connectivity index is 2.07. The molecule has 2 heteroatoms. The molecule has 0 N–H and O–H groups in total. The molecule has 1 heterocycles. The SMILES string of the molecule is C=C1CCCCC1(S)C1CCCCO1. The summed E-state index contributed by atoms with van der Waals surface area (Å²) in [6, 6.07) is 0. The molecule has 0 amide bonds. The smallest absolute Gasteiger partial charge is 0.0756 e. The Bertz CT molecular complexity index is 220. The van der Waals surface area contributed by atoms with Crippen LogP contribution in [0.15, 0.2) is 12.2 Å². The molecule has 2 atom stereocenters. The van der Waals surface area contributed by atoms with Crippen molar-refractivity contribution in [3.63, 3.8) is 0 Å². The van der Waals surface area contributed by atoms with Crippen LogP contribution in [0.2, 0.25) is 0 Å². The van der Waals surface area contributed by atoms with Crippen LogP contribution in [0.1, 0.15) is 44.9 Å². The van der Waals surface area contributed by atoms with Crippen molar-refractivity contribution in [1.29, 1.82) is 0 Å². The predicted molar refractivity (Wildman–Crippen MR) is 62.9 cm³/mol. The molecule has 0 radical (unpaired) electrons. The molecule has 1 aliphatic carbocycles. The molecule has 80 valence electrons. The molecule has 2 aliphatic rings. The lowest BCUT2D eigenvalue weighted by atomic mass is 9.78. The number of hydrogen-bond donors (Lipinski definition) is 1. The summed E-state index contributed by atoms with van der Waals surface area (Å²) in [6.45, 7) is 5.10. The zero-order valence-electron chi connectivity index (χ0n) is 8.80. The molecular formula is C12H20OS. The van der Waals surface area contributed by atoms with Crippen LogP contribution < -0.4 is 0 Å². The average Bonchev–Trinajstić information content (AvgIpc) is 2.24. The topological polar surface area (TPSA) is 9.23 Å². The van der Waals surface area contributed by atoms with E-state index >= 15 is 0 Å². The maximum absolute atomic E-state index is 5.85. The fourth-order valence-electron chi connectivity index (χ4n) is 2.63. The van der Waals surface area contributed by atoms with Gasteiger partial charge >= 0.3 is 0 Å².